The van der Waals surface area contributed by atoms with E-state index < -0.39 is 5.97 Å². The standard InChI is InChI=1S/C24H23N5O2.C15H14O4/c1-14-10-16(17-4-7-22(30)29-12-17)3-5-18(14)24(31)27-9-8-15-2-6-21-19(11-15)20(13-28-21)23(25)26;1-18-13-8-7-12(9-14(13)19-2)10-3-5-11(6-4-10)15(16)17/h2-7,10-13,28H,8-9H2,1H3,(H3,25,26)(H,27,31)(H,29,30);3-9H,1-2H3,(H,16,17). The lowest BCUT2D eigenvalue weighted by molar-refractivity contribution is 0.0696. The second-order valence-corrected chi connectivity index (χ2v) is 11.4. The van der Waals surface area contributed by atoms with Crippen molar-refractivity contribution in [3.05, 3.63) is 142 Å². The smallest absolute Gasteiger partial charge is 0.335 e. The van der Waals surface area contributed by atoms with Crippen molar-refractivity contribution in [2.24, 2.45) is 5.73 Å². The fourth-order valence-electron chi connectivity index (χ4n) is 5.47. The highest BCUT2D eigenvalue weighted by Gasteiger charge is 2.12. The van der Waals surface area contributed by atoms with E-state index >= 15 is 0 Å². The molecular formula is C39H37N5O6. The number of benzene rings is 4. The number of carboxylic acids is 1. The fraction of sp³-hybridized carbons (Fsp3) is 0.128. The predicted octanol–water partition coefficient (Wildman–Crippen LogP) is 6.16. The summed E-state index contributed by atoms with van der Waals surface area (Å²) in [4.78, 5) is 40.5. The van der Waals surface area contributed by atoms with Crippen LogP contribution in [0.15, 0.2) is 108 Å². The van der Waals surface area contributed by atoms with Crippen LogP contribution < -0.4 is 26.1 Å². The van der Waals surface area contributed by atoms with Gasteiger partial charge in [-0.15, -0.1) is 0 Å². The first kappa shape index (κ1) is 34.7. The summed E-state index contributed by atoms with van der Waals surface area (Å²) in [6.07, 6.45) is 4.06. The maximum Gasteiger partial charge on any atom is 0.335 e. The quantitative estimate of drug-likeness (QED) is 0.0745. The van der Waals surface area contributed by atoms with Gasteiger partial charge < -0.3 is 35.6 Å². The first-order valence-corrected chi connectivity index (χ1v) is 15.7. The molecule has 0 aliphatic heterocycles. The summed E-state index contributed by atoms with van der Waals surface area (Å²) in [5, 5.41) is 20.4. The molecule has 0 saturated carbocycles. The largest absolute Gasteiger partial charge is 0.493 e. The minimum atomic E-state index is -0.932. The van der Waals surface area contributed by atoms with Crippen molar-refractivity contribution in [1.82, 2.24) is 15.3 Å². The zero-order chi connectivity index (χ0) is 35.8. The van der Waals surface area contributed by atoms with Gasteiger partial charge in [0, 0.05) is 47.0 Å². The summed E-state index contributed by atoms with van der Waals surface area (Å²) >= 11 is 0. The summed E-state index contributed by atoms with van der Waals surface area (Å²) in [5.74, 6) is 0.268. The third-order valence-corrected chi connectivity index (χ3v) is 8.17. The number of aromatic nitrogens is 2. The van der Waals surface area contributed by atoms with Gasteiger partial charge >= 0.3 is 5.97 Å². The van der Waals surface area contributed by atoms with Gasteiger partial charge in [0.2, 0.25) is 5.56 Å². The molecule has 254 valence electrons. The first-order chi connectivity index (χ1) is 24.1. The number of aryl methyl sites for hydroxylation is 1. The molecule has 11 nitrogen and oxygen atoms in total. The third kappa shape index (κ3) is 8.08. The Morgan fingerprint density at radius 1 is 0.780 bits per heavy atom. The van der Waals surface area contributed by atoms with Gasteiger partial charge in [0.05, 0.1) is 19.8 Å². The molecule has 0 saturated heterocycles. The average molecular weight is 672 g/mol. The first-order valence-electron chi connectivity index (χ1n) is 15.7. The van der Waals surface area contributed by atoms with Crippen molar-refractivity contribution in [2.75, 3.05) is 20.8 Å². The topological polar surface area (TPSA) is 183 Å². The van der Waals surface area contributed by atoms with E-state index in [1.807, 2.05) is 55.5 Å². The maximum atomic E-state index is 12.7. The molecule has 0 aliphatic rings. The van der Waals surface area contributed by atoms with Gasteiger partial charge in [-0.25, -0.2) is 4.79 Å². The maximum absolute atomic E-state index is 12.7. The van der Waals surface area contributed by atoms with Gasteiger partial charge in [-0.3, -0.25) is 15.0 Å². The minimum absolute atomic E-state index is 0.0255. The van der Waals surface area contributed by atoms with Gasteiger partial charge in [-0.2, -0.15) is 0 Å². The highest BCUT2D eigenvalue weighted by molar-refractivity contribution is 6.07. The van der Waals surface area contributed by atoms with Crippen LogP contribution in [0.4, 0.5) is 0 Å². The molecule has 0 aliphatic carbocycles. The number of hydrogen-bond acceptors (Lipinski definition) is 6. The molecule has 4 aromatic carbocycles. The molecule has 1 amide bonds. The number of carbonyl (C=O) groups excluding carboxylic acids is 1. The number of ether oxygens (including phenoxy) is 2. The lowest BCUT2D eigenvalue weighted by Crippen LogP contribution is -2.26. The van der Waals surface area contributed by atoms with Crippen LogP contribution in [0.5, 0.6) is 11.5 Å². The molecular weight excluding hydrogens is 634 g/mol. The van der Waals surface area contributed by atoms with E-state index in [4.69, 9.17) is 25.7 Å². The normalized spacial score (nSPS) is 10.5. The lowest BCUT2D eigenvalue weighted by Gasteiger charge is -2.10. The number of fused-ring (bicyclic) bond motifs is 1. The molecule has 0 radical (unpaired) electrons. The van der Waals surface area contributed by atoms with Gasteiger partial charge in [0.25, 0.3) is 5.91 Å². The predicted molar refractivity (Wildman–Crippen MR) is 195 cm³/mol. The number of amides is 1. The van der Waals surface area contributed by atoms with E-state index in [1.165, 1.54) is 6.07 Å². The Morgan fingerprint density at radius 3 is 2.10 bits per heavy atom. The monoisotopic (exact) mass is 671 g/mol. The molecule has 0 unspecified atom stereocenters. The Labute approximate surface area is 288 Å². The molecule has 0 atom stereocenters. The highest BCUT2D eigenvalue weighted by atomic mass is 16.5. The summed E-state index contributed by atoms with van der Waals surface area (Å²) in [6.45, 7) is 2.39. The fourth-order valence-corrected chi connectivity index (χ4v) is 5.47. The van der Waals surface area contributed by atoms with Crippen LogP contribution in [0.3, 0.4) is 0 Å². The number of nitrogen functional groups attached to an aromatic ring is 1. The Hall–Kier alpha value is -6.62. The summed E-state index contributed by atoms with van der Waals surface area (Å²) < 4.78 is 10.4. The second-order valence-electron chi connectivity index (χ2n) is 11.4. The Balaban J connectivity index is 0.000000219. The van der Waals surface area contributed by atoms with Crippen molar-refractivity contribution in [3.8, 4) is 33.8 Å². The van der Waals surface area contributed by atoms with E-state index in [0.717, 1.165) is 44.3 Å². The number of carbonyl (C=O) groups is 2. The number of nitrogens with one attached hydrogen (secondary N) is 4. The van der Waals surface area contributed by atoms with Crippen molar-refractivity contribution in [1.29, 1.82) is 5.41 Å². The molecule has 2 aromatic heterocycles. The summed E-state index contributed by atoms with van der Waals surface area (Å²) in [7, 11) is 3.16. The number of H-pyrrole nitrogens is 2. The van der Waals surface area contributed by atoms with E-state index in [2.05, 4.69) is 15.3 Å². The zero-order valence-electron chi connectivity index (χ0n) is 27.8. The van der Waals surface area contributed by atoms with E-state index in [1.54, 1.807) is 63.0 Å². The van der Waals surface area contributed by atoms with E-state index in [0.29, 0.717) is 35.6 Å². The number of aromatic carboxylic acids is 1. The summed E-state index contributed by atoms with van der Waals surface area (Å²) in [6, 6.07) is 27.1. The highest BCUT2D eigenvalue weighted by Crippen LogP contribution is 2.32. The van der Waals surface area contributed by atoms with Crippen molar-refractivity contribution < 1.29 is 24.2 Å². The molecule has 7 N–H and O–H groups in total. The van der Waals surface area contributed by atoms with Crippen LogP contribution in [0, 0.1) is 12.3 Å². The molecule has 6 aromatic rings. The number of carboxylic acid groups (broad SMARTS) is 1. The van der Waals surface area contributed by atoms with E-state index in [9.17, 15) is 14.4 Å². The van der Waals surface area contributed by atoms with Crippen molar-refractivity contribution >= 4 is 28.6 Å². The number of rotatable bonds is 10. The Bertz CT molecular complexity index is 2220. The Kier molecular flexibility index (Phi) is 10.8. The molecule has 0 fully saturated rings. The number of methoxy groups -OCH3 is 2. The van der Waals surface area contributed by atoms with Gasteiger partial charge in [0.1, 0.15) is 5.84 Å². The molecule has 50 heavy (non-hydrogen) atoms. The zero-order valence-corrected chi connectivity index (χ0v) is 27.8. The lowest BCUT2D eigenvalue weighted by atomic mass is 10.0. The van der Waals surface area contributed by atoms with Gasteiger partial charge in [-0.05, 0) is 95.3 Å². The minimum Gasteiger partial charge on any atom is -0.493 e. The second kappa shape index (κ2) is 15.5. The Morgan fingerprint density at radius 2 is 1.46 bits per heavy atom. The van der Waals surface area contributed by atoms with Crippen LogP contribution in [-0.4, -0.2) is 53.6 Å². The average Bonchev–Trinajstić information content (AvgIpc) is 3.56. The van der Waals surface area contributed by atoms with Crippen LogP contribution in [-0.2, 0) is 6.42 Å². The molecule has 0 spiro atoms. The van der Waals surface area contributed by atoms with Crippen molar-refractivity contribution in [3.63, 3.8) is 0 Å². The van der Waals surface area contributed by atoms with Crippen LogP contribution in [0.25, 0.3) is 33.2 Å². The molecule has 6 rings (SSSR count). The van der Waals surface area contributed by atoms with Crippen LogP contribution >= 0.6 is 0 Å². The SMILES string of the molecule is COc1ccc(-c2ccc(C(=O)O)cc2)cc1OC.Cc1cc(-c2ccc(=O)[nH]c2)ccc1C(=O)NCCc1ccc2[nH]cc(C(=N)N)c2c1. The van der Waals surface area contributed by atoms with Gasteiger partial charge in [0.15, 0.2) is 11.5 Å². The third-order valence-electron chi connectivity index (χ3n) is 8.17. The number of aromatic amines is 2. The molecule has 0 bridgehead atoms. The molecule has 11 heteroatoms. The number of pyridine rings is 1. The van der Waals surface area contributed by atoms with E-state index in [-0.39, 0.29) is 22.9 Å². The number of nitrogens with two attached hydrogens (primary N) is 1. The number of amidine groups is 1. The van der Waals surface area contributed by atoms with Gasteiger partial charge in [-0.1, -0.05) is 36.4 Å². The van der Waals surface area contributed by atoms with Crippen LogP contribution in [0.1, 0.15) is 37.4 Å². The number of hydrogen-bond donors (Lipinski definition) is 6. The van der Waals surface area contributed by atoms with Crippen molar-refractivity contribution in [2.45, 2.75) is 13.3 Å². The molecule has 2 heterocycles. The summed E-state index contributed by atoms with van der Waals surface area (Å²) in [5.41, 5.74) is 13.6. The van der Waals surface area contributed by atoms with Crippen LogP contribution in [0.2, 0.25) is 0 Å².